The number of benzene rings is 1. The van der Waals surface area contributed by atoms with Crippen molar-refractivity contribution in [1.82, 2.24) is 9.55 Å². The Morgan fingerprint density at radius 3 is 2.55 bits per heavy atom. The molecule has 1 aromatic heterocycles. The molecule has 108 valence electrons. The standard InChI is InChI=1S/C14H16F2N2O2/c1-18-9-8-17-13(18)7-6-12(19)10-2-4-11(5-3-10)20-14(15)16/h2-5,8-9,12,14,19H,6-7H2,1H3. The fraction of sp³-hybridized carbons (Fsp3) is 0.357. The van der Waals surface area contributed by atoms with Gasteiger partial charge >= 0.3 is 6.61 Å². The van der Waals surface area contributed by atoms with Gasteiger partial charge in [-0.15, -0.1) is 0 Å². The minimum atomic E-state index is -2.84. The minimum Gasteiger partial charge on any atom is -0.435 e. The fourth-order valence-corrected chi connectivity index (χ4v) is 1.94. The summed E-state index contributed by atoms with van der Waals surface area (Å²) in [5.74, 6) is 0.974. The summed E-state index contributed by atoms with van der Waals surface area (Å²) in [4.78, 5) is 4.18. The molecule has 0 aliphatic carbocycles. The molecule has 0 saturated carbocycles. The van der Waals surface area contributed by atoms with Crippen LogP contribution in [0, 0.1) is 0 Å². The predicted molar refractivity (Wildman–Crippen MR) is 69.6 cm³/mol. The Bertz CT molecular complexity index is 540. The van der Waals surface area contributed by atoms with E-state index in [1.165, 1.54) is 12.1 Å². The Morgan fingerprint density at radius 1 is 1.30 bits per heavy atom. The van der Waals surface area contributed by atoms with Crippen LogP contribution in [0.3, 0.4) is 0 Å². The first-order chi connectivity index (χ1) is 9.56. The summed E-state index contributed by atoms with van der Waals surface area (Å²) in [7, 11) is 1.89. The summed E-state index contributed by atoms with van der Waals surface area (Å²) < 4.78 is 30.2. The number of halogens is 2. The van der Waals surface area contributed by atoms with Gasteiger partial charge in [-0.1, -0.05) is 12.1 Å². The number of imidazole rings is 1. The number of hydrogen-bond acceptors (Lipinski definition) is 3. The number of alkyl halides is 2. The maximum atomic E-state index is 12.0. The summed E-state index contributed by atoms with van der Waals surface area (Å²) in [6.07, 6.45) is 4.04. The minimum absolute atomic E-state index is 0.0834. The van der Waals surface area contributed by atoms with Crippen molar-refractivity contribution in [2.24, 2.45) is 7.05 Å². The van der Waals surface area contributed by atoms with Gasteiger partial charge in [0.15, 0.2) is 0 Å². The second-order valence-electron chi connectivity index (χ2n) is 4.46. The third kappa shape index (κ3) is 3.77. The van der Waals surface area contributed by atoms with Crippen molar-refractivity contribution >= 4 is 0 Å². The molecule has 1 heterocycles. The van der Waals surface area contributed by atoms with Crippen LogP contribution in [0.1, 0.15) is 23.9 Å². The van der Waals surface area contributed by atoms with Crippen LogP contribution in [-0.2, 0) is 13.5 Å². The molecule has 0 fully saturated rings. The maximum absolute atomic E-state index is 12.0. The largest absolute Gasteiger partial charge is 0.435 e. The van der Waals surface area contributed by atoms with Crippen LogP contribution in [0.15, 0.2) is 36.7 Å². The Hall–Kier alpha value is -1.95. The molecule has 1 N–H and O–H groups in total. The van der Waals surface area contributed by atoms with E-state index in [0.717, 1.165) is 5.82 Å². The number of hydrogen-bond donors (Lipinski definition) is 1. The average molecular weight is 282 g/mol. The summed E-state index contributed by atoms with van der Waals surface area (Å²) in [6, 6.07) is 6.01. The van der Waals surface area contributed by atoms with Gasteiger partial charge in [0, 0.05) is 25.9 Å². The van der Waals surface area contributed by atoms with Crippen molar-refractivity contribution in [3.8, 4) is 5.75 Å². The van der Waals surface area contributed by atoms with E-state index in [1.54, 1.807) is 18.3 Å². The second-order valence-corrected chi connectivity index (χ2v) is 4.46. The van der Waals surface area contributed by atoms with Crippen molar-refractivity contribution in [2.45, 2.75) is 25.6 Å². The highest BCUT2D eigenvalue weighted by Gasteiger charge is 2.10. The van der Waals surface area contributed by atoms with Gasteiger partial charge in [0.1, 0.15) is 11.6 Å². The van der Waals surface area contributed by atoms with Crippen molar-refractivity contribution in [3.05, 3.63) is 48.0 Å². The molecule has 2 aromatic rings. The lowest BCUT2D eigenvalue weighted by molar-refractivity contribution is -0.0498. The van der Waals surface area contributed by atoms with Gasteiger partial charge in [-0.2, -0.15) is 8.78 Å². The first kappa shape index (κ1) is 14.5. The zero-order valence-corrected chi connectivity index (χ0v) is 11.0. The van der Waals surface area contributed by atoms with Crippen molar-refractivity contribution < 1.29 is 18.6 Å². The molecule has 20 heavy (non-hydrogen) atoms. The zero-order chi connectivity index (χ0) is 14.5. The monoisotopic (exact) mass is 282 g/mol. The molecule has 0 aliphatic rings. The lowest BCUT2D eigenvalue weighted by atomic mass is 10.0. The van der Waals surface area contributed by atoms with E-state index in [4.69, 9.17) is 0 Å². The topological polar surface area (TPSA) is 47.3 Å². The summed E-state index contributed by atoms with van der Waals surface area (Å²) in [6.45, 7) is -2.84. The molecule has 0 bridgehead atoms. The highest BCUT2D eigenvalue weighted by Crippen LogP contribution is 2.22. The van der Waals surface area contributed by atoms with Gasteiger partial charge < -0.3 is 14.4 Å². The quantitative estimate of drug-likeness (QED) is 0.886. The van der Waals surface area contributed by atoms with Gasteiger partial charge in [0.05, 0.1) is 6.10 Å². The maximum Gasteiger partial charge on any atom is 0.387 e. The van der Waals surface area contributed by atoms with E-state index < -0.39 is 12.7 Å². The Morgan fingerprint density at radius 2 is 2.00 bits per heavy atom. The van der Waals surface area contributed by atoms with E-state index in [-0.39, 0.29) is 5.75 Å². The highest BCUT2D eigenvalue weighted by molar-refractivity contribution is 5.28. The summed E-state index contributed by atoms with van der Waals surface area (Å²) in [5, 5.41) is 10.1. The molecular weight excluding hydrogens is 266 g/mol. The molecule has 0 radical (unpaired) electrons. The van der Waals surface area contributed by atoms with E-state index in [2.05, 4.69) is 9.72 Å². The van der Waals surface area contributed by atoms with Crippen molar-refractivity contribution in [3.63, 3.8) is 0 Å². The van der Waals surface area contributed by atoms with Gasteiger partial charge in [-0.25, -0.2) is 4.98 Å². The fourth-order valence-electron chi connectivity index (χ4n) is 1.94. The molecule has 1 aromatic carbocycles. The smallest absolute Gasteiger partial charge is 0.387 e. The van der Waals surface area contributed by atoms with Gasteiger partial charge in [0.25, 0.3) is 0 Å². The number of ether oxygens (including phenoxy) is 1. The SMILES string of the molecule is Cn1ccnc1CCC(O)c1ccc(OC(F)F)cc1. The summed E-state index contributed by atoms with van der Waals surface area (Å²) >= 11 is 0. The molecule has 0 aliphatic heterocycles. The molecular formula is C14H16F2N2O2. The van der Waals surface area contributed by atoms with Crippen LogP contribution in [0.25, 0.3) is 0 Å². The van der Waals surface area contributed by atoms with Gasteiger partial charge in [0.2, 0.25) is 0 Å². The Labute approximate surface area is 115 Å². The number of aliphatic hydroxyl groups excluding tert-OH is 1. The number of aromatic nitrogens is 2. The van der Waals surface area contributed by atoms with Crippen LogP contribution in [0.2, 0.25) is 0 Å². The van der Waals surface area contributed by atoms with E-state index in [9.17, 15) is 13.9 Å². The molecule has 2 rings (SSSR count). The number of aliphatic hydroxyl groups is 1. The average Bonchev–Trinajstić information content (AvgIpc) is 2.82. The van der Waals surface area contributed by atoms with Crippen molar-refractivity contribution in [2.75, 3.05) is 0 Å². The molecule has 6 heteroatoms. The predicted octanol–water partition coefficient (Wildman–Crippen LogP) is 2.69. The van der Waals surface area contributed by atoms with Gasteiger partial charge in [-0.05, 0) is 24.1 Å². The zero-order valence-electron chi connectivity index (χ0n) is 11.0. The first-order valence-electron chi connectivity index (χ1n) is 6.25. The van der Waals surface area contributed by atoms with Crippen LogP contribution in [0.5, 0.6) is 5.75 Å². The number of nitrogens with zero attached hydrogens (tertiary/aromatic N) is 2. The van der Waals surface area contributed by atoms with E-state index in [0.29, 0.717) is 18.4 Å². The van der Waals surface area contributed by atoms with Gasteiger partial charge in [-0.3, -0.25) is 0 Å². The molecule has 0 saturated heterocycles. The third-order valence-corrected chi connectivity index (χ3v) is 3.05. The molecule has 0 amide bonds. The Kier molecular flexibility index (Phi) is 4.68. The van der Waals surface area contributed by atoms with Crippen LogP contribution in [-0.4, -0.2) is 21.3 Å². The van der Waals surface area contributed by atoms with E-state index >= 15 is 0 Å². The molecule has 4 nitrogen and oxygen atoms in total. The molecule has 1 atom stereocenters. The Balaban J connectivity index is 1.92. The lowest BCUT2D eigenvalue weighted by Gasteiger charge is -2.12. The number of rotatable bonds is 6. The number of aryl methyl sites for hydroxylation is 2. The normalized spacial score (nSPS) is 12.7. The van der Waals surface area contributed by atoms with Crippen molar-refractivity contribution in [1.29, 1.82) is 0 Å². The molecule has 1 unspecified atom stereocenters. The van der Waals surface area contributed by atoms with Crippen LogP contribution >= 0.6 is 0 Å². The third-order valence-electron chi connectivity index (χ3n) is 3.05. The second kappa shape index (κ2) is 6.47. The molecule has 0 spiro atoms. The highest BCUT2D eigenvalue weighted by atomic mass is 19.3. The summed E-state index contributed by atoms with van der Waals surface area (Å²) in [5.41, 5.74) is 0.667. The lowest BCUT2D eigenvalue weighted by Crippen LogP contribution is -2.04. The van der Waals surface area contributed by atoms with Crippen LogP contribution < -0.4 is 4.74 Å². The van der Waals surface area contributed by atoms with Crippen LogP contribution in [0.4, 0.5) is 8.78 Å². The van der Waals surface area contributed by atoms with E-state index in [1.807, 2.05) is 17.8 Å². The first-order valence-corrected chi connectivity index (χ1v) is 6.25.